The van der Waals surface area contributed by atoms with Crippen LogP contribution in [0.4, 0.5) is 0 Å². The van der Waals surface area contributed by atoms with Gasteiger partial charge < -0.3 is 9.79 Å². The van der Waals surface area contributed by atoms with E-state index < -0.39 is 15.8 Å². The Balaban J connectivity index is 2.46. The first-order valence-electron chi connectivity index (χ1n) is 7.39. The lowest BCUT2D eigenvalue weighted by Crippen LogP contribution is -2.00. The zero-order chi connectivity index (χ0) is 14.8. The van der Waals surface area contributed by atoms with E-state index in [0.29, 0.717) is 0 Å². The second-order valence-corrected chi connectivity index (χ2v) is 13.0. The highest BCUT2D eigenvalue weighted by Gasteiger charge is 2.12. The van der Waals surface area contributed by atoms with Gasteiger partial charge in [0.25, 0.3) is 0 Å². The Labute approximate surface area is 130 Å². The Bertz CT molecular complexity index is 420. The molecule has 5 heteroatoms. The number of hydrogen-bond acceptors (Lipinski definition) is 0. The van der Waals surface area contributed by atoms with Crippen LogP contribution in [0.15, 0.2) is 35.2 Å². The van der Waals surface area contributed by atoms with Crippen LogP contribution >= 0.6 is 17.9 Å². The van der Waals surface area contributed by atoms with E-state index in [0.717, 1.165) is 17.1 Å². The largest absolute Gasteiger partial charge is 0.341 e. The molecule has 0 radical (unpaired) electrons. The predicted molar refractivity (Wildman–Crippen MR) is 95.3 cm³/mol. The lowest BCUT2D eigenvalue weighted by Gasteiger charge is -2.16. The summed E-state index contributed by atoms with van der Waals surface area (Å²) in [5, 5.41) is 0. The summed E-state index contributed by atoms with van der Waals surface area (Å²) in [5.74, 6) is 0.835. The van der Waals surface area contributed by atoms with Crippen LogP contribution in [-0.2, 0) is 10.1 Å². The van der Waals surface area contributed by atoms with E-state index in [9.17, 15) is 9.79 Å². The molecule has 1 unspecified atom stereocenters. The molecule has 2 nitrogen and oxygen atoms in total. The normalized spacial score (nSPS) is 13.4. The van der Waals surface area contributed by atoms with Crippen LogP contribution in [0.5, 0.6) is 0 Å². The Morgan fingerprint density at radius 1 is 0.950 bits per heavy atom. The Hall–Kier alpha value is 0.270. The van der Waals surface area contributed by atoms with Gasteiger partial charge in [0, 0.05) is 4.90 Å². The maximum Gasteiger partial charge on any atom is 0.203 e. The molecule has 0 aliphatic rings. The summed E-state index contributed by atoms with van der Waals surface area (Å²) in [4.78, 5) is 20.9. The van der Waals surface area contributed by atoms with Crippen LogP contribution < -0.4 is 0 Å². The summed E-state index contributed by atoms with van der Waals surface area (Å²) < 4.78 is 0. The van der Waals surface area contributed by atoms with Crippen molar-refractivity contribution in [2.75, 3.05) is 5.75 Å². The van der Waals surface area contributed by atoms with E-state index in [1.54, 1.807) is 0 Å². The molecule has 0 aliphatic heterocycles. The van der Waals surface area contributed by atoms with Crippen LogP contribution in [0.3, 0.4) is 0 Å². The summed E-state index contributed by atoms with van der Waals surface area (Å²) in [6.45, 7) is 2.23. The molecule has 0 bridgehead atoms. The van der Waals surface area contributed by atoms with Crippen LogP contribution in [0.1, 0.15) is 51.9 Å². The molecule has 1 atom stereocenters. The molecule has 1 aromatic carbocycles. The Morgan fingerprint density at radius 2 is 1.50 bits per heavy atom. The van der Waals surface area contributed by atoms with Gasteiger partial charge in [-0.25, -0.2) is 0 Å². The molecule has 0 amide bonds. The second kappa shape index (κ2) is 10.1. The highest BCUT2D eigenvalue weighted by molar-refractivity contribution is 8.65. The quantitative estimate of drug-likeness (QED) is 0.338. The van der Waals surface area contributed by atoms with Crippen LogP contribution in [-0.4, -0.2) is 15.5 Å². The maximum absolute atomic E-state index is 9.95. The fourth-order valence-corrected chi connectivity index (χ4v) is 7.79. The molecule has 2 N–H and O–H groups in total. The van der Waals surface area contributed by atoms with E-state index >= 15 is 0 Å². The summed E-state index contributed by atoms with van der Waals surface area (Å²) in [6.07, 6.45) is 8.70. The first-order chi connectivity index (χ1) is 9.55. The molecule has 0 spiro atoms. The molecule has 1 rings (SSSR count). The lowest BCUT2D eigenvalue weighted by atomic mass is 10.1. The minimum atomic E-state index is -3.09. The SMILES string of the molecule is CCCCCCCCCS(c1ccccc1)=P(O)(O)S. The van der Waals surface area contributed by atoms with Crippen LogP contribution in [0.2, 0.25) is 0 Å². The van der Waals surface area contributed by atoms with Gasteiger partial charge in [-0.2, -0.15) is 0 Å². The minimum absolute atomic E-state index is 0.528. The van der Waals surface area contributed by atoms with Crippen molar-refractivity contribution in [3.05, 3.63) is 30.3 Å². The van der Waals surface area contributed by atoms with Gasteiger partial charge in [-0.3, -0.25) is 0 Å². The van der Waals surface area contributed by atoms with Crippen molar-refractivity contribution in [2.24, 2.45) is 0 Å². The molecule has 0 saturated carbocycles. The first-order valence-corrected chi connectivity index (χ1v) is 12.2. The van der Waals surface area contributed by atoms with Gasteiger partial charge in [-0.1, -0.05) is 75.9 Å². The third kappa shape index (κ3) is 7.33. The molecule has 0 aromatic heterocycles. The third-order valence-electron chi connectivity index (χ3n) is 3.25. The monoisotopic (exact) mass is 334 g/mol. The average Bonchev–Trinajstić information content (AvgIpc) is 2.41. The summed E-state index contributed by atoms with van der Waals surface area (Å²) >= 11 is 4.07. The molecule has 1 aromatic rings. The van der Waals surface area contributed by atoms with E-state index in [4.69, 9.17) is 0 Å². The highest BCUT2D eigenvalue weighted by Crippen LogP contribution is 2.49. The van der Waals surface area contributed by atoms with Gasteiger partial charge in [0.15, 0.2) is 0 Å². The summed E-state index contributed by atoms with van der Waals surface area (Å²) in [6, 6.07) is 9.79. The van der Waals surface area contributed by atoms with Crippen molar-refractivity contribution in [3.8, 4) is 0 Å². The Kier molecular flexibility index (Phi) is 9.23. The van der Waals surface area contributed by atoms with E-state index in [-0.39, 0.29) is 0 Å². The number of rotatable bonds is 9. The van der Waals surface area contributed by atoms with Crippen LogP contribution in [0, 0.1) is 0 Å². The number of unbranched alkanes of at least 4 members (excludes halogenated alkanes) is 6. The van der Waals surface area contributed by atoms with Crippen molar-refractivity contribution < 1.29 is 9.79 Å². The molecule has 0 aliphatic carbocycles. The predicted octanol–water partition coefficient (Wildman–Crippen LogP) is 5.01. The topological polar surface area (TPSA) is 40.5 Å². The standard InChI is InChI=1S/C15H27O2PS2/c1-2-3-4-5-6-7-11-14-20(18(16,17)19)15-12-9-8-10-13-15/h8-10,12-13,16-17,19H,2-7,11,14H2,1H3. The first kappa shape index (κ1) is 18.3. The van der Waals surface area contributed by atoms with E-state index in [1.807, 2.05) is 30.3 Å². The van der Waals surface area contributed by atoms with Crippen molar-refractivity contribution >= 4 is 28.0 Å². The van der Waals surface area contributed by atoms with E-state index in [2.05, 4.69) is 19.2 Å². The van der Waals surface area contributed by atoms with Gasteiger partial charge in [0.1, 0.15) is 0 Å². The molecular weight excluding hydrogens is 307 g/mol. The van der Waals surface area contributed by atoms with Crippen molar-refractivity contribution in [2.45, 2.75) is 56.8 Å². The lowest BCUT2D eigenvalue weighted by molar-refractivity contribution is 0.502. The number of hydrogen-bond donors (Lipinski definition) is 3. The second-order valence-electron chi connectivity index (χ2n) is 5.02. The zero-order valence-electron chi connectivity index (χ0n) is 12.2. The van der Waals surface area contributed by atoms with Crippen molar-refractivity contribution in [1.82, 2.24) is 0 Å². The van der Waals surface area contributed by atoms with Crippen LogP contribution in [0.25, 0.3) is 0 Å². The molecule has 116 valence electrons. The zero-order valence-corrected chi connectivity index (χ0v) is 14.8. The average molecular weight is 334 g/mol. The molecular formula is C15H27O2PS2. The van der Waals surface area contributed by atoms with Gasteiger partial charge >= 0.3 is 0 Å². The van der Waals surface area contributed by atoms with Crippen molar-refractivity contribution in [3.63, 3.8) is 0 Å². The molecule has 0 saturated heterocycles. The van der Waals surface area contributed by atoms with Gasteiger partial charge in [-0.15, -0.1) is 10.1 Å². The van der Waals surface area contributed by atoms with Crippen molar-refractivity contribution in [1.29, 1.82) is 0 Å². The van der Waals surface area contributed by atoms with E-state index in [1.165, 1.54) is 38.5 Å². The van der Waals surface area contributed by atoms with Gasteiger partial charge in [0.05, 0.1) is 0 Å². The fourth-order valence-electron chi connectivity index (χ4n) is 2.16. The third-order valence-corrected chi connectivity index (χ3v) is 10.1. The van der Waals surface area contributed by atoms with Gasteiger partial charge in [-0.05, 0) is 24.3 Å². The summed E-state index contributed by atoms with van der Waals surface area (Å²) in [7, 11) is -0.528. The Morgan fingerprint density at radius 3 is 2.05 bits per heavy atom. The molecule has 0 heterocycles. The highest BCUT2D eigenvalue weighted by atomic mass is 32.9. The molecule has 0 fully saturated rings. The molecule has 20 heavy (non-hydrogen) atoms. The smallest absolute Gasteiger partial charge is 0.203 e. The number of benzene rings is 1. The summed E-state index contributed by atoms with van der Waals surface area (Å²) in [5.41, 5.74) is -3.09. The van der Waals surface area contributed by atoms with Gasteiger partial charge in [0.2, 0.25) is 5.69 Å². The maximum atomic E-state index is 9.95. The fraction of sp³-hybridized carbons (Fsp3) is 0.600. The number of thiol groups is 1. The minimum Gasteiger partial charge on any atom is -0.341 e.